The smallest absolute Gasteiger partial charge is 0.249 e. The lowest BCUT2D eigenvalue weighted by Gasteiger charge is -2.57. The van der Waals surface area contributed by atoms with Gasteiger partial charge in [-0.05, 0) is 48.6 Å². The van der Waals surface area contributed by atoms with Gasteiger partial charge in [-0.1, -0.05) is 20.8 Å². The molecule has 2 aliphatic rings. The second kappa shape index (κ2) is 5.47. The van der Waals surface area contributed by atoms with Crippen molar-refractivity contribution in [1.29, 1.82) is 0 Å². The maximum absolute atomic E-state index is 13.0. The van der Waals surface area contributed by atoms with E-state index < -0.39 is 5.92 Å². The van der Waals surface area contributed by atoms with Crippen molar-refractivity contribution in [2.24, 2.45) is 11.3 Å². The van der Waals surface area contributed by atoms with Crippen molar-refractivity contribution in [1.82, 2.24) is 4.98 Å². The van der Waals surface area contributed by atoms with E-state index in [1.807, 2.05) is 12.1 Å². The number of hydrogen-bond acceptors (Lipinski definition) is 2. The molecule has 0 radical (unpaired) electrons. The first-order valence-electron chi connectivity index (χ1n) is 8.33. The van der Waals surface area contributed by atoms with Crippen molar-refractivity contribution in [2.45, 2.75) is 64.7 Å². The van der Waals surface area contributed by atoms with Crippen molar-refractivity contribution < 1.29 is 13.5 Å². The second-order valence-corrected chi connectivity index (χ2v) is 7.48. The minimum Gasteiger partial charge on any atom is -0.491 e. The largest absolute Gasteiger partial charge is 0.491 e. The predicted octanol–water partition coefficient (Wildman–Crippen LogP) is 4.97. The Labute approximate surface area is 131 Å². The second-order valence-electron chi connectivity index (χ2n) is 7.48. The van der Waals surface area contributed by atoms with Crippen molar-refractivity contribution in [3.8, 4) is 5.75 Å². The van der Waals surface area contributed by atoms with E-state index >= 15 is 0 Å². The summed E-state index contributed by atoms with van der Waals surface area (Å²) >= 11 is 0. The van der Waals surface area contributed by atoms with Crippen LogP contribution in [0.4, 0.5) is 8.78 Å². The summed E-state index contributed by atoms with van der Waals surface area (Å²) in [5.41, 5.74) is 2.02. The van der Waals surface area contributed by atoms with Gasteiger partial charge in [0.1, 0.15) is 5.75 Å². The van der Waals surface area contributed by atoms with Crippen LogP contribution in [0, 0.1) is 11.3 Å². The van der Waals surface area contributed by atoms with Gasteiger partial charge in [0.15, 0.2) is 0 Å². The minimum atomic E-state index is -2.40. The highest BCUT2D eigenvalue weighted by molar-refractivity contribution is 5.30. The van der Waals surface area contributed by atoms with Crippen LogP contribution in [-0.4, -0.2) is 17.5 Å². The van der Waals surface area contributed by atoms with Crippen LogP contribution in [0.1, 0.15) is 63.8 Å². The van der Waals surface area contributed by atoms with Crippen LogP contribution in [0.5, 0.6) is 5.75 Å². The average molecular weight is 309 g/mol. The molecule has 0 unspecified atom stereocenters. The molecule has 1 aromatic heterocycles. The van der Waals surface area contributed by atoms with Gasteiger partial charge in [-0.2, -0.15) is 0 Å². The molecule has 1 heterocycles. The zero-order valence-corrected chi connectivity index (χ0v) is 13.7. The fourth-order valence-electron chi connectivity index (χ4n) is 4.04. The fourth-order valence-corrected chi connectivity index (χ4v) is 4.04. The number of aromatic nitrogens is 1. The summed E-state index contributed by atoms with van der Waals surface area (Å²) in [4.78, 5) is 4.66. The van der Waals surface area contributed by atoms with Crippen LogP contribution in [0.25, 0.3) is 0 Å². The lowest BCUT2D eigenvalue weighted by atomic mass is 9.50. The van der Waals surface area contributed by atoms with Gasteiger partial charge >= 0.3 is 0 Å². The summed E-state index contributed by atoms with van der Waals surface area (Å²) in [6.07, 6.45) is 2.79. The minimum absolute atomic E-state index is 0.0646. The van der Waals surface area contributed by atoms with E-state index in [0.717, 1.165) is 36.4 Å². The molecule has 0 aliphatic heterocycles. The normalized spacial score (nSPS) is 22.5. The molecular formula is C18H25F2NO. The maximum atomic E-state index is 13.0. The van der Waals surface area contributed by atoms with Gasteiger partial charge in [0.05, 0.1) is 12.3 Å². The first-order valence-corrected chi connectivity index (χ1v) is 8.33. The monoisotopic (exact) mass is 309 g/mol. The van der Waals surface area contributed by atoms with E-state index in [0.29, 0.717) is 18.4 Å². The molecule has 2 saturated carbocycles. The number of aryl methyl sites for hydroxylation is 1. The van der Waals surface area contributed by atoms with Crippen LogP contribution in [0.3, 0.4) is 0 Å². The molecule has 0 amide bonds. The number of nitrogens with zero attached hydrogens (tertiary/aromatic N) is 1. The van der Waals surface area contributed by atoms with Gasteiger partial charge in [-0.25, -0.2) is 8.78 Å². The van der Waals surface area contributed by atoms with Gasteiger partial charge in [-0.15, -0.1) is 0 Å². The van der Waals surface area contributed by atoms with E-state index in [-0.39, 0.29) is 18.3 Å². The quantitative estimate of drug-likeness (QED) is 0.766. The van der Waals surface area contributed by atoms with Gasteiger partial charge in [-0.3, -0.25) is 4.98 Å². The van der Waals surface area contributed by atoms with Gasteiger partial charge in [0, 0.05) is 18.5 Å². The Bertz CT molecular complexity index is 540. The van der Waals surface area contributed by atoms with E-state index in [9.17, 15) is 8.78 Å². The molecule has 0 aromatic carbocycles. The fraction of sp³-hybridized carbons (Fsp3) is 0.722. The molecule has 1 spiro atoms. The van der Waals surface area contributed by atoms with Crippen LogP contribution in [-0.2, 0) is 6.42 Å². The number of pyridine rings is 1. The van der Waals surface area contributed by atoms with Crippen LogP contribution >= 0.6 is 0 Å². The zero-order valence-electron chi connectivity index (χ0n) is 13.7. The molecule has 0 atom stereocenters. The summed E-state index contributed by atoms with van der Waals surface area (Å²) in [5.74, 6) is -0.721. The number of rotatable bonds is 5. The lowest BCUT2D eigenvalue weighted by molar-refractivity contribution is -0.209. The molecule has 2 fully saturated rings. The Balaban J connectivity index is 1.53. The lowest BCUT2D eigenvalue weighted by Crippen LogP contribution is -2.54. The third-order valence-electron chi connectivity index (χ3n) is 5.07. The Kier molecular flexibility index (Phi) is 3.90. The van der Waals surface area contributed by atoms with Gasteiger partial charge < -0.3 is 4.74 Å². The Morgan fingerprint density at radius 3 is 2.50 bits per heavy atom. The highest BCUT2D eigenvalue weighted by Gasteiger charge is 2.61. The molecule has 2 nitrogen and oxygen atoms in total. The van der Waals surface area contributed by atoms with Crippen LogP contribution in [0.15, 0.2) is 12.1 Å². The molecule has 1 aromatic rings. The third-order valence-corrected chi connectivity index (χ3v) is 5.07. The number of halogens is 2. The molecule has 0 N–H and O–H groups in total. The molecule has 4 heteroatoms. The highest BCUT2D eigenvalue weighted by Crippen LogP contribution is 2.64. The number of ether oxygens (including phenoxy) is 1. The number of alkyl halides is 2. The van der Waals surface area contributed by atoms with Crippen molar-refractivity contribution in [3.05, 3.63) is 23.5 Å². The molecular weight excluding hydrogens is 284 g/mol. The molecule has 2 aliphatic carbocycles. The zero-order chi connectivity index (χ0) is 16.0. The molecule has 22 heavy (non-hydrogen) atoms. The summed E-state index contributed by atoms with van der Waals surface area (Å²) in [7, 11) is 0. The molecule has 0 saturated heterocycles. The highest BCUT2D eigenvalue weighted by atomic mass is 19.3. The average Bonchev–Trinajstić information content (AvgIpc) is 2.39. The van der Waals surface area contributed by atoms with Crippen LogP contribution in [0.2, 0.25) is 0 Å². The van der Waals surface area contributed by atoms with E-state index in [1.165, 1.54) is 0 Å². The van der Waals surface area contributed by atoms with Crippen molar-refractivity contribution in [2.75, 3.05) is 6.61 Å². The van der Waals surface area contributed by atoms with Crippen molar-refractivity contribution in [3.63, 3.8) is 0 Å². The number of hydrogen-bond donors (Lipinski definition) is 0. The molecule has 3 rings (SSSR count). The first kappa shape index (κ1) is 15.7. The van der Waals surface area contributed by atoms with Gasteiger partial charge in [0.2, 0.25) is 5.92 Å². The predicted molar refractivity (Wildman–Crippen MR) is 82.5 cm³/mol. The standard InChI is InChI=1S/C18H25F2NO/c1-4-14-16(6-5-15(21-14)12(2)3)22-9-13-7-17(8-13)10-18(19,20)11-17/h5-6,12-13H,4,7-11H2,1-3H3. The molecule has 0 bridgehead atoms. The Hall–Kier alpha value is -1.19. The van der Waals surface area contributed by atoms with E-state index in [2.05, 4.69) is 25.8 Å². The summed E-state index contributed by atoms with van der Waals surface area (Å²) < 4.78 is 31.9. The third kappa shape index (κ3) is 2.97. The van der Waals surface area contributed by atoms with Gasteiger partial charge in [0.25, 0.3) is 0 Å². The topological polar surface area (TPSA) is 22.1 Å². The summed E-state index contributed by atoms with van der Waals surface area (Å²) in [6, 6.07) is 4.03. The first-order chi connectivity index (χ1) is 10.3. The van der Waals surface area contributed by atoms with Crippen LogP contribution < -0.4 is 4.74 Å². The Morgan fingerprint density at radius 2 is 1.95 bits per heavy atom. The maximum Gasteiger partial charge on any atom is 0.249 e. The Morgan fingerprint density at radius 1 is 1.27 bits per heavy atom. The van der Waals surface area contributed by atoms with E-state index in [1.54, 1.807) is 0 Å². The van der Waals surface area contributed by atoms with E-state index in [4.69, 9.17) is 4.74 Å². The summed E-state index contributed by atoms with van der Waals surface area (Å²) in [6.45, 7) is 6.96. The SMILES string of the molecule is CCc1nc(C(C)C)ccc1OCC1CC2(C1)CC(F)(F)C2. The molecule has 122 valence electrons. The van der Waals surface area contributed by atoms with Crippen molar-refractivity contribution >= 4 is 0 Å². The summed E-state index contributed by atoms with van der Waals surface area (Å²) in [5, 5.41) is 0.